The average molecular weight is 246 g/mol. The number of rotatable bonds is 6. The Hall–Kier alpha value is -1.81. The maximum absolute atomic E-state index is 8.99. The second-order valence-electron chi connectivity index (χ2n) is 4.24. The first-order chi connectivity index (χ1) is 8.81. The van der Waals surface area contributed by atoms with Gasteiger partial charge in [0.2, 0.25) is 0 Å². The maximum Gasteiger partial charge on any atom is 0.138 e. The van der Waals surface area contributed by atoms with Crippen LogP contribution in [0.2, 0.25) is 0 Å². The fourth-order valence-corrected chi connectivity index (χ4v) is 1.88. The minimum Gasteiger partial charge on any atom is -0.396 e. The molecule has 0 aliphatic carbocycles. The summed E-state index contributed by atoms with van der Waals surface area (Å²) in [5, 5.41) is 12.8. The lowest BCUT2D eigenvalue weighted by Crippen LogP contribution is -2.24. The van der Waals surface area contributed by atoms with Gasteiger partial charge in [-0.05, 0) is 25.5 Å². The van der Waals surface area contributed by atoms with Gasteiger partial charge in [-0.1, -0.05) is 23.4 Å². The summed E-state index contributed by atoms with van der Waals surface area (Å²) in [4.78, 5) is 2.22. The third kappa shape index (κ3) is 3.11. The zero-order chi connectivity index (χ0) is 12.8. The zero-order valence-corrected chi connectivity index (χ0v) is 10.5. The maximum atomic E-state index is 8.99. The Morgan fingerprint density at radius 1 is 1.28 bits per heavy atom. The van der Waals surface area contributed by atoms with Crippen molar-refractivity contribution in [2.75, 3.05) is 18.1 Å². The van der Waals surface area contributed by atoms with Crippen LogP contribution in [0.25, 0.3) is 0 Å². The van der Waals surface area contributed by atoms with E-state index in [2.05, 4.69) is 22.2 Å². The molecule has 0 amide bonds. The first-order valence-electron chi connectivity index (χ1n) is 6.12. The molecular formula is C14H18N2O2. The summed E-state index contributed by atoms with van der Waals surface area (Å²) < 4.78 is 5.08. The molecule has 96 valence electrons. The molecule has 2 aromatic rings. The van der Waals surface area contributed by atoms with Gasteiger partial charge in [-0.3, -0.25) is 0 Å². The van der Waals surface area contributed by atoms with E-state index in [1.54, 1.807) is 6.20 Å². The smallest absolute Gasteiger partial charge is 0.138 e. The summed E-state index contributed by atoms with van der Waals surface area (Å²) in [5.74, 6) is 0.847. The van der Waals surface area contributed by atoms with Gasteiger partial charge in [-0.15, -0.1) is 0 Å². The van der Waals surface area contributed by atoms with Gasteiger partial charge in [0.15, 0.2) is 0 Å². The molecule has 0 aliphatic rings. The first kappa shape index (κ1) is 12.6. The second-order valence-corrected chi connectivity index (χ2v) is 4.24. The summed E-state index contributed by atoms with van der Waals surface area (Å²) in [6, 6.07) is 10.2. The summed E-state index contributed by atoms with van der Waals surface area (Å²) in [6.07, 6.45) is 2.50. The fraction of sp³-hybridized carbons (Fsp3) is 0.357. The highest BCUT2D eigenvalue weighted by Gasteiger charge is 2.10. The van der Waals surface area contributed by atoms with Crippen molar-refractivity contribution in [1.82, 2.24) is 5.16 Å². The summed E-state index contributed by atoms with van der Waals surface area (Å²) in [7, 11) is 0. The molecule has 1 heterocycles. The van der Waals surface area contributed by atoms with Crippen LogP contribution < -0.4 is 4.90 Å². The van der Waals surface area contributed by atoms with E-state index in [4.69, 9.17) is 9.63 Å². The van der Waals surface area contributed by atoms with Crippen molar-refractivity contribution in [3.8, 4) is 0 Å². The Balaban J connectivity index is 2.13. The van der Waals surface area contributed by atoms with Gasteiger partial charge in [-0.25, -0.2) is 0 Å². The van der Waals surface area contributed by atoms with Crippen LogP contribution >= 0.6 is 0 Å². The van der Waals surface area contributed by atoms with Crippen LogP contribution in [-0.4, -0.2) is 23.4 Å². The van der Waals surface area contributed by atoms with Crippen molar-refractivity contribution in [3.63, 3.8) is 0 Å². The minimum atomic E-state index is 0.200. The molecule has 0 spiro atoms. The quantitative estimate of drug-likeness (QED) is 0.850. The van der Waals surface area contributed by atoms with Crippen molar-refractivity contribution < 1.29 is 9.63 Å². The number of anilines is 1. The fourth-order valence-electron chi connectivity index (χ4n) is 1.88. The van der Waals surface area contributed by atoms with Gasteiger partial charge >= 0.3 is 0 Å². The van der Waals surface area contributed by atoms with E-state index in [0.29, 0.717) is 0 Å². The number of aryl methyl sites for hydroxylation is 1. The Kier molecular flexibility index (Phi) is 4.36. The number of aliphatic hydroxyl groups is 1. The molecule has 0 atom stereocenters. The van der Waals surface area contributed by atoms with E-state index >= 15 is 0 Å². The highest BCUT2D eigenvalue weighted by atomic mass is 16.5. The molecule has 1 N–H and O–H groups in total. The van der Waals surface area contributed by atoms with Crippen molar-refractivity contribution >= 4 is 5.69 Å². The van der Waals surface area contributed by atoms with Crippen LogP contribution in [0.5, 0.6) is 0 Å². The van der Waals surface area contributed by atoms with Crippen LogP contribution in [-0.2, 0) is 6.54 Å². The number of para-hydroxylation sites is 1. The standard InChI is InChI=1S/C14H18N2O2/c1-12-13(10-15-18-12)11-16(8-5-9-17)14-6-3-2-4-7-14/h2-4,6-7,10,17H,5,8-9,11H2,1H3. The molecule has 4 nitrogen and oxygen atoms in total. The Morgan fingerprint density at radius 2 is 2.06 bits per heavy atom. The second kappa shape index (κ2) is 6.21. The van der Waals surface area contributed by atoms with E-state index < -0.39 is 0 Å². The summed E-state index contributed by atoms with van der Waals surface area (Å²) in [5.41, 5.74) is 2.23. The Bertz CT molecular complexity index is 468. The predicted molar refractivity (Wildman–Crippen MR) is 70.4 cm³/mol. The number of aliphatic hydroxyl groups excluding tert-OH is 1. The Morgan fingerprint density at radius 3 is 2.67 bits per heavy atom. The number of nitrogens with zero attached hydrogens (tertiary/aromatic N) is 2. The van der Waals surface area contributed by atoms with E-state index in [1.165, 1.54) is 0 Å². The molecule has 0 bridgehead atoms. The van der Waals surface area contributed by atoms with Crippen molar-refractivity contribution in [2.24, 2.45) is 0 Å². The molecule has 2 rings (SSSR count). The SMILES string of the molecule is Cc1oncc1CN(CCCO)c1ccccc1. The number of benzene rings is 1. The van der Waals surface area contributed by atoms with E-state index in [0.717, 1.165) is 36.5 Å². The summed E-state index contributed by atoms with van der Waals surface area (Å²) >= 11 is 0. The molecular weight excluding hydrogens is 228 g/mol. The van der Waals surface area contributed by atoms with Gasteiger partial charge in [0, 0.05) is 30.9 Å². The number of aromatic nitrogens is 1. The van der Waals surface area contributed by atoms with Crippen LogP contribution in [0.4, 0.5) is 5.69 Å². The lowest BCUT2D eigenvalue weighted by molar-refractivity contribution is 0.289. The van der Waals surface area contributed by atoms with Crippen molar-refractivity contribution in [2.45, 2.75) is 19.9 Å². The highest BCUT2D eigenvalue weighted by Crippen LogP contribution is 2.18. The van der Waals surface area contributed by atoms with Crippen molar-refractivity contribution in [3.05, 3.63) is 47.9 Å². The molecule has 0 radical (unpaired) electrons. The third-order valence-corrected chi connectivity index (χ3v) is 2.92. The van der Waals surface area contributed by atoms with E-state index in [1.807, 2.05) is 25.1 Å². The van der Waals surface area contributed by atoms with Crippen LogP contribution in [0.1, 0.15) is 17.7 Å². The molecule has 0 aliphatic heterocycles. The lowest BCUT2D eigenvalue weighted by atomic mass is 10.2. The van der Waals surface area contributed by atoms with Crippen LogP contribution in [0.3, 0.4) is 0 Å². The normalized spacial score (nSPS) is 10.6. The summed E-state index contributed by atoms with van der Waals surface area (Å²) in [6.45, 7) is 3.67. The third-order valence-electron chi connectivity index (χ3n) is 2.92. The van der Waals surface area contributed by atoms with Gasteiger partial charge in [0.05, 0.1) is 6.20 Å². The van der Waals surface area contributed by atoms with Crippen LogP contribution in [0.15, 0.2) is 41.1 Å². The predicted octanol–water partition coefficient (Wildman–Crippen LogP) is 2.37. The van der Waals surface area contributed by atoms with Crippen LogP contribution in [0, 0.1) is 6.92 Å². The largest absolute Gasteiger partial charge is 0.396 e. The first-order valence-corrected chi connectivity index (χ1v) is 6.12. The van der Waals surface area contributed by atoms with E-state index in [-0.39, 0.29) is 6.61 Å². The van der Waals surface area contributed by atoms with Gasteiger partial charge in [0.1, 0.15) is 5.76 Å². The molecule has 0 fully saturated rings. The Labute approximate surface area is 107 Å². The molecule has 1 aromatic carbocycles. The minimum absolute atomic E-state index is 0.200. The van der Waals surface area contributed by atoms with Gasteiger partial charge in [-0.2, -0.15) is 0 Å². The molecule has 1 aromatic heterocycles. The zero-order valence-electron chi connectivity index (χ0n) is 10.5. The monoisotopic (exact) mass is 246 g/mol. The van der Waals surface area contributed by atoms with E-state index in [9.17, 15) is 0 Å². The van der Waals surface area contributed by atoms with Gasteiger partial charge < -0.3 is 14.5 Å². The highest BCUT2D eigenvalue weighted by molar-refractivity contribution is 5.46. The van der Waals surface area contributed by atoms with Crippen molar-refractivity contribution in [1.29, 1.82) is 0 Å². The number of hydrogen-bond acceptors (Lipinski definition) is 4. The molecule has 18 heavy (non-hydrogen) atoms. The molecule has 0 unspecified atom stereocenters. The number of hydrogen-bond donors (Lipinski definition) is 1. The topological polar surface area (TPSA) is 49.5 Å². The molecule has 0 saturated heterocycles. The average Bonchev–Trinajstić information content (AvgIpc) is 2.81. The molecule has 0 saturated carbocycles. The lowest BCUT2D eigenvalue weighted by Gasteiger charge is -2.24. The van der Waals surface area contributed by atoms with Gasteiger partial charge in [0.25, 0.3) is 0 Å². The molecule has 4 heteroatoms.